The van der Waals surface area contributed by atoms with E-state index in [1.54, 1.807) is 12.2 Å². The van der Waals surface area contributed by atoms with Crippen molar-refractivity contribution in [3.05, 3.63) is 117 Å². The average molecular weight is 475 g/mol. The van der Waals surface area contributed by atoms with E-state index >= 15 is 0 Å². The molecule has 36 heavy (non-hydrogen) atoms. The summed E-state index contributed by atoms with van der Waals surface area (Å²) in [6.07, 6.45) is 10.3. The molecular formula is C32H26O4. The van der Waals surface area contributed by atoms with Gasteiger partial charge in [0.2, 0.25) is 0 Å². The first-order valence-corrected chi connectivity index (χ1v) is 12.0. The van der Waals surface area contributed by atoms with Gasteiger partial charge in [-0.1, -0.05) is 59.7 Å². The lowest BCUT2D eigenvalue weighted by atomic mass is 9.54. The second-order valence-corrected chi connectivity index (χ2v) is 9.86. The van der Waals surface area contributed by atoms with Gasteiger partial charge in [-0.2, -0.15) is 0 Å². The molecule has 0 aliphatic heterocycles. The van der Waals surface area contributed by atoms with Gasteiger partial charge in [0.1, 0.15) is 0 Å². The number of benzene rings is 2. The maximum atomic E-state index is 13.9. The van der Waals surface area contributed by atoms with Crippen molar-refractivity contribution in [3.8, 4) is 0 Å². The van der Waals surface area contributed by atoms with Crippen molar-refractivity contribution in [2.24, 2.45) is 11.3 Å². The third kappa shape index (κ3) is 3.53. The molecule has 0 N–H and O–H groups in total. The van der Waals surface area contributed by atoms with Gasteiger partial charge in [-0.25, -0.2) is 0 Å². The Balaban J connectivity index is 1.87. The Morgan fingerprint density at radius 2 is 1.42 bits per heavy atom. The largest absolute Gasteiger partial charge is 0.294 e. The van der Waals surface area contributed by atoms with Crippen molar-refractivity contribution in [2.45, 2.75) is 27.7 Å². The van der Waals surface area contributed by atoms with Crippen LogP contribution < -0.4 is 0 Å². The van der Waals surface area contributed by atoms with Crippen molar-refractivity contribution >= 4 is 34.8 Å². The van der Waals surface area contributed by atoms with Gasteiger partial charge >= 0.3 is 0 Å². The van der Waals surface area contributed by atoms with E-state index in [1.165, 1.54) is 24.3 Å². The molecule has 2 unspecified atom stereocenters. The van der Waals surface area contributed by atoms with Crippen LogP contribution in [0.2, 0.25) is 0 Å². The van der Waals surface area contributed by atoms with E-state index in [-0.39, 0.29) is 28.5 Å². The van der Waals surface area contributed by atoms with Crippen molar-refractivity contribution in [1.82, 2.24) is 0 Å². The van der Waals surface area contributed by atoms with Crippen LogP contribution in [0.25, 0.3) is 11.6 Å². The van der Waals surface area contributed by atoms with E-state index in [0.29, 0.717) is 5.57 Å². The molecule has 2 aromatic rings. The molecule has 0 amide bonds. The summed E-state index contributed by atoms with van der Waals surface area (Å²) in [5, 5.41) is 0. The fourth-order valence-corrected chi connectivity index (χ4v) is 5.48. The zero-order chi connectivity index (χ0) is 25.8. The van der Waals surface area contributed by atoms with Crippen LogP contribution in [0.4, 0.5) is 0 Å². The van der Waals surface area contributed by atoms with Crippen LogP contribution in [0.1, 0.15) is 33.4 Å². The molecule has 2 aromatic carbocycles. The number of hydrogen-bond acceptors (Lipinski definition) is 4. The molecule has 0 spiro atoms. The summed E-state index contributed by atoms with van der Waals surface area (Å²) in [6, 6.07) is 12.0. The summed E-state index contributed by atoms with van der Waals surface area (Å²) < 4.78 is 0. The second-order valence-electron chi connectivity index (χ2n) is 9.86. The van der Waals surface area contributed by atoms with Gasteiger partial charge in [-0.15, -0.1) is 0 Å². The van der Waals surface area contributed by atoms with Crippen LogP contribution in [0.5, 0.6) is 0 Å². The molecule has 0 fully saturated rings. The van der Waals surface area contributed by atoms with Crippen molar-refractivity contribution in [2.75, 3.05) is 0 Å². The zero-order valence-corrected chi connectivity index (χ0v) is 20.7. The number of hydrogen-bond donors (Lipinski definition) is 0. The van der Waals surface area contributed by atoms with E-state index < -0.39 is 17.1 Å². The fourth-order valence-electron chi connectivity index (χ4n) is 5.48. The second kappa shape index (κ2) is 8.49. The molecule has 0 saturated heterocycles. The van der Waals surface area contributed by atoms with E-state index in [1.807, 2.05) is 70.2 Å². The van der Waals surface area contributed by atoms with E-state index in [4.69, 9.17) is 0 Å². The third-order valence-corrected chi connectivity index (χ3v) is 7.42. The van der Waals surface area contributed by atoms with E-state index in [9.17, 15) is 19.2 Å². The molecular weight excluding hydrogens is 448 g/mol. The molecule has 0 saturated carbocycles. The summed E-state index contributed by atoms with van der Waals surface area (Å²) >= 11 is 0. The topological polar surface area (TPSA) is 68.3 Å². The van der Waals surface area contributed by atoms with Gasteiger partial charge in [-0.3, -0.25) is 19.2 Å². The molecule has 0 bridgehead atoms. The number of rotatable bonds is 3. The molecule has 0 aromatic heterocycles. The monoisotopic (exact) mass is 474 g/mol. The molecule has 3 aliphatic carbocycles. The van der Waals surface area contributed by atoms with Gasteiger partial charge in [0.05, 0.1) is 11.3 Å². The summed E-state index contributed by atoms with van der Waals surface area (Å²) in [5.74, 6) is -2.52. The van der Waals surface area contributed by atoms with E-state index in [2.05, 4.69) is 0 Å². The predicted molar refractivity (Wildman–Crippen MR) is 140 cm³/mol. The summed E-state index contributed by atoms with van der Waals surface area (Å²) in [7, 11) is 0. The number of allylic oxidation sites excluding steroid dienone is 9. The average Bonchev–Trinajstić information content (AvgIpc) is 2.85. The summed E-state index contributed by atoms with van der Waals surface area (Å²) in [5.41, 5.74) is 5.08. The molecule has 2 atom stereocenters. The van der Waals surface area contributed by atoms with Crippen molar-refractivity contribution in [1.29, 1.82) is 0 Å². The Labute approximate surface area is 210 Å². The van der Waals surface area contributed by atoms with Gasteiger partial charge in [0, 0.05) is 11.1 Å². The summed E-state index contributed by atoms with van der Waals surface area (Å²) in [4.78, 5) is 53.5. The molecule has 4 heteroatoms. The van der Waals surface area contributed by atoms with Crippen LogP contribution in [0.15, 0.2) is 84.0 Å². The lowest BCUT2D eigenvalue weighted by molar-refractivity contribution is -0.130. The first-order chi connectivity index (χ1) is 17.1. The van der Waals surface area contributed by atoms with Gasteiger partial charge in [0.15, 0.2) is 23.1 Å². The van der Waals surface area contributed by atoms with Crippen molar-refractivity contribution in [3.63, 3.8) is 0 Å². The Hall–Kier alpha value is -4.18. The SMILES string of the molecule is Cc1ccc(C)c(/C=C/C23C(=O)C=CC(=O)C2C2=C(C=C3c3cc(C)ccc3C)C(=O)C=CC2=O)c1. The maximum Gasteiger partial charge on any atom is 0.186 e. The molecule has 5 rings (SSSR count). The first kappa shape index (κ1) is 23.6. The summed E-state index contributed by atoms with van der Waals surface area (Å²) in [6.45, 7) is 7.88. The van der Waals surface area contributed by atoms with Crippen LogP contribution in [-0.2, 0) is 19.2 Å². The van der Waals surface area contributed by atoms with Crippen molar-refractivity contribution < 1.29 is 19.2 Å². The Morgan fingerprint density at radius 3 is 2.17 bits per heavy atom. The lowest BCUT2D eigenvalue weighted by Crippen LogP contribution is -2.48. The minimum absolute atomic E-state index is 0.102. The normalized spacial score (nSPS) is 23.3. The highest BCUT2D eigenvalue weighted by Gasteiger charge is 2.56. The Bertz CT molecular complexity index is 1540. The highest BCUT2D eigenvalue weighted by Crippen LogP contribution is 2.55. The zero-order valence-electron chi connectivity index (χ0n) is 20.7. The molecule has 0 heterocycles. The molecule has 3 aliphatic rings. The number of carbonyl (C=O) groups is 4. The lowest BCUT2D eigenvalue weighted by Gasteiger charge is -2.44. The first-order valence-electron chi connectivity index (χ1n) is 12.0. The number of fused-ring (bicyclic) bond motifs is 2. The van der Waals surface area contributed by atoms with Gasteiger partial charge in [-0.05, 0) is 85.9 Å². The highest BCUT2D eigenvalue weighted by molar-refractivity contribution is 6.29. The third-order valence-electron chi connectivity index (χ3n) is 7.42. The van der Waals surface area contributed by atoms with E-state index in [0.717, 1.165) is 33.4 Å². The van der Waals surface area contributed by atoms with Gasteiger partial charge in [0.25, 0.3) is 0 Å². The fraction of sp³-hybridized carbons (Fsp3) is 0.188. The number of carbonyl (C=O) groups excluding carboxylic acids is 4. The smallest absolute Gasteiger partial charge is 0.186 e. The minimum atomic E-state index is -1.46. The Kier molecular flexibility index (Phi) is 5.55. The maximum absolute atomic E-state index is 13.9. The van der Waals surface area contributed by atoms with Crippen LogP contribution >= 0.6 is 0 Å². The standard InChI is InChI=1S/C32H26O4/c1-18-5-7-20(3)22(15-18)13-14-32-25(23-16-19(2)6-8-21(23)4)17-24-26(33)9-10-27(34)30(24)31(32)28(35)11-12-29(32)36/h5-17,31H,1-4H3/b14-13+. The number of ketones is 4. The minimum Gasteiger partial charge on any atom is -0.294 e. The van der Waals surface area contributed by atoms with Crippen LogP contribution in [0, 0.1) is 39.0 Å². The Morgan fingerprint density at radius 1 is 0.750 bits per heavy atom. The van der Waals surface area contributed by atoms with Gasteiger partial charge < -0.3 is 0 Å². The number of aryl methyl sites for hydroxylation is 4. The predicted octanol–water partition coefficient (Wildman–Crippen LogP) is 5.35. The molecule has 178 valence electrons. The molecule has 4 nitrogen and oxygen atoms in total. The van der Waals surface area contributed by atoms with Crippen LogP contribution in [-0.4, -0.2) is 23.1 Å². The molecule has 0 radical (unpaired) electrons. The quantitative estimate of drug-likeness (QED) is 0.563. The van der Waals surface area contributed by atoms with Crippen LogP contribution in [0.3, 0.4) is 0 Å². The highest BCUT2D eigenvalue weighted by atomic mass is 16.1.